The first-order valence-electron chi connectivity index (χ1n) is 12.5. The number of morpholine rings is 2. The first-order valence-corrected chi connectivity index (χ1v) is 12.5. The van der Waals surface area contributed by atoms with E-state index in [1.807, 2.05) is 0 Å². The number of nitrogens with zero attached hydrogens (tertiary/aromatic N) is 2. The van der Waals surface area contributed by atoms with Crippen LogP contribution in [-0.2, 0) is 14.3 Å². The minimum Gasteiger partial charge on any atom is -0.378 e. The lowest BCUT2D eigenvalue weighted by atomic mass is 9.81. The summed E-state index contributed by atoms with van der Waals surface area (Å²) in [5.41, 5.74) is 6.43. The van der Waals surface area contributed by atoms with E-state index in [1.165, 1.54) is 11.4 Å². The first-order chi connectivity index (χ1) is 16.7. The van der Waals surface area contributed by atoms with Crippen LogP contribution in [0.25, 0.3) is 12.2 Å². The van der Waals surface area contributed by atoms with E-state index in [4.69, 9.17) is 9.47 Å². The van der Waals surface area contributed by atoms with E-state index in [1.54, 1.807) is 0 Å². The molecule has 178 valence electrons. The fourth-order valence-electron chi connectivity index (χ4n) is 5.07. The molecule has 0 radical (unpaired) electrons. The second-order valence-electron chi connectivity index (χ2n) is 9.56. The molecule has 2 aliphatic heterocycles. The molecule has 0 aromatic heterocycles. The molecule has 1 unspecified atom stereocenters. The van der Waals surface area contributed by atoms with Crippen molar-refractivity contribution in [3.8, 4) is 0 Å². The van der Waals surface area contributed by atoms with Gasteiger partial charge in [0.1, 0.15) is 0 Å². The Bertz CT molecular complexity index is 960. The summed E-state index contributed by atoms with van der Waals surface area (Å²) in [5.74, 6) is 0.642. The molecular formula is C29H34N2O3. The topological polar surface area (TPSA) is 42.0 Å². The molecule has 0 spiro atoms. The predicted molar refractivity (Wildman–Crippen MR) is 138 cm³/mol. The van der Waals surface area contributed by atoms with Crippen molar-refractivity contribution in [2.45, 2.75) is 19.8 Å². The number of allylic oxidation sites excluding steroid dienone is 2. The van der Waals surface area contributed by atoms with Crippen LogP contribution in [-0.4, -0.2) is 58.4 Å². The molecule has 0 N–H and O–H groups in total. The fourth-order valence-corrected chi connectivity index (χ4v) is 5.07. The lowest BCUT2D eigenvalue weighted by Gasteiger charge is -2.29. The number of ether oxygens (including phenoxy) is 2. The maximum atomic E-state index is 13.3. The fraction of sp³-hybridized carbons (Fsp3) is 0.414. The van der Waals surface area contributed by atoms with Crippen LogP contribution in [0.2, 0.25) is 0 Å². The maximum Gasteiger partial charge on any atom is 0.185 e. The number of hydrogen-bond donors (Lipinski definition) is 0. The van der Waals surface area contributed by atoms with Crippen molar-refractivity contribution in [2.75, 3.05) is 62.4 Å². The summed E-state index contributed by atoms with van der Waals surface area (Å²) in [6, 6.07) is 17.1. The number of benzene rings is 2. The Morgan fingerprint density at radius 2 is 1.06 bits per heavy atom. The van der Waals surface area contributed by atoms with Crippen LogP contribution in [0.3, 0.4) is 0 Å². The average molecular weight is 459 g/mol. The average Bonchev–Trinajstić information content (AvgIpc) is 2.89. The minimum atomic E-state index is 0.188. The molecule has 1 saturated carbocycles. The molecule has 0 bridgehead atoms. The number of carbonyl (C=O) groups excluding carboxylic acids is 1. The summed E-state index contributed by atoms with van der Waals surface area (Å²) in [6.07, 6.45) is 5.82. The number of ketones is 1. The quantitative estimate of drug-likeness (QED) is 0.614. The lowest BCUT2D eigenvalue weighted by Crippen LogP contribution is -2.36. The van der Waals surface area contributed by atoms with Crippen molar-refractivity contribution < 1.29 is 14.3 Å². The van der Waals surface area contributed by atoms with Crippen LogP contribution in [0.4, 0.5) is 11.4 Å². The van der Waals surface area contributed by atoms with Crippen molar-refractivity contribution in [2.24, 2.45) is 5.92 Å². The van der Waals surface area contributed by atoms with Gasteiger partial charge in [-0.05, 0) is 66.3 Å². The van der Waals surface area contributed by atoms with Gasteiger partial charge in [-0.15, -0.1) is 0 Å². The first kappa shape index (κ1) is 22.9. The number of Topliss-reactive ketones (excluding diaryl/α,β-unsaturated/α-hetero) is 1. The Balaban J connectivity index is 1.30. The van der Waals surface area contributed by atoms with Gasteiger partial charge >= 0.3 is 0 Å². The van der Waals surface area contributed by atoms with Crippen LogP contribution in [0.1, 0.15) is 30.9 Å². The smallest absolute Gasteiger partial charge is 0.185 e. The summed E-state index contributed by atoms with van der Waals surface area (Å²) in [5, 5.41) is 0. The van der Waals surface area contributed by atoms with Gasteiger partial charge in [-0.3, -0.25) is 4.79 Å². The van der Waals surface area contributed by atoms with Gasteiger partial charge in [-0.25, -0.2) is 0 Å². The van der Waals surface area contributed by atoms with Crippen LogP contribution in [0.5, 0.6) is 0 Å². The molecule has 2 aromatic rings. The van der Waals surface area contributed by atoms with Crippen molar-refractivity contribution in [3.05, 3.63) is 70.8 Å². The highest BCUT2D eigenvalue weighted by atomic mass is 16.5. The van der Waals surface area contributed by atoms with E-state index in [9.17, 15) is 4.79 Å². The van der Waals surface area contributed by atoms with Crippen LogP contribution >= 0.6 is 0 Å². The second kappa shape index (κ2) is 10.6. The third kappa shape index (κ3) is 5.43. The zero-order chi connectivity index (χ0) is 23.3. The van der Waals surface area contributed by atoms with Crippen molar-refractivity contribution >= 4 is 29.3 Å². The van der Waals surface area contributed by atoms with Gasteiger partial charge in [-0.2, -0.15) is 0 Å². The van der Waals surface area contributed by atoms with Crippen LogP contribution in [0, 0.1) is 5.92 Å². The van der Waals surface area contributed by atoms with Crippen LogP contribution in [0.15, 0.2) is 59.7 Å². The van der Waals surface area contributed by atoms with E-state index in [2.05, 4.69) is 77.4 Å². The molecule has 1 atom stereocenters. The Morgan fingerprint density at radius 3 is 1.44 bits per heavy atom. The number of rotatable bonds is 4. The molecule has 5 heteroatoms. The van der Waals surface area contributed by atoms with Gasteiger partial charge in [-0.1, -0.05) is 31.2 Å². The molecule has 5 nitrogen and oxygen atoms in total. The van der Waals surface area contributed by atoms with Gasteiger partial charge in [0.05, 0.1) is 26.4 Å². The number of carbonyl (C=O) groups is 1. The van der Waals surface area contributed by atoms with Crippen molar-refractivity contribution in [1.29, 1.82) is 0 Å². The van der Waals surface area contributed by atoms with Gasteiger partial charge in [0.2, 0.25) is 0 Å². The van der Waals surface area contributed by atoms with E-state index < -0.39 is 0 Å². The minimum absolute atomic E-state index is 0.188. The Kier molecular flexibility index (Phi) is 7.12. The zero-order valence-corrected chi connectivity index (χ0v) is 20.0. The van der Waals surface area contributed by atoms with Gasteiger partial charge < -0.3 is 19.3 Å². The summed E-state index contributed by atoms with van der Waals surface area (Å²) >= 11 is 0. The SMILES string of the molecule is CC1C/C(=C/c2ccc(N3CCOCC3)cc2)C(=O)/C(=C/c2ccc(N3CCOCC3)cc2)C1. The Hall–Kier alpha value is -2.89. The largest absolute Gasteiger partial charge is 0.378 e. The summed E-state index contributed by atoms with van der Waals surface area (Å²) < 4.78 is 10.9. The maximum absolute atomic E-state index is 13.3. The van der Waals surface area contributed by atoms with E-state index in [0.717, 1.165) is 87.7 Å². The van der Waals surface area contributed by atoms with Crippen LogP contribution < -0.4 is 9.80 Å². The highest BCUT2D eigenvalue weighted by Crippen LogP contribution is 2.32. The predicted octanol–water partition coefficient (Wildman–Crippen LogP) is 4.83. The molecule has 0 amide bonds. The van der Waals surface area contributed by atoms with E-state index >= 15 is 0 Å². The highest BCUT2D eigenvalue weighted by molar-refractivity contribution is 6.14. The molecule has 34 heavy (non-hydrogen) atoms. The van der Waals surface area contributed by atoms with E-state index in [-0.39, 0.29) is 5.78 Å². The normalized spacial score (nSPS) is 24.1. The van der Waals surface area contributed by atoms with Crippen molar-refractivity contribution in [1.82, 2.24) is 0 Å². The molecule has 5 rings (SSSR count). The summed E-state index contributed by atoms with van der Waals surface area (Å²) in [4.78, 5) is 18.0. The zero-order valence-electron chi connectivity index (χ0n) is 20.0. The molecule has 3 aliphatic rings. The number of anilines is 2. The Morgan fingerprint density at radius 1 is 0.676 bits per heavy atom. The molecule has 1 aliphatic carbocycles. The lowest BCUT2D eigenvalue weighted by molar-refractivity contribution is -0.113. The molecular weight excluding hydrogens is 424 g/mol. The van der Waals surface area contributed by atoms with Gasteiger partial charge in [0.15, 0.2) is 5.78 Å². The highest BCUT2D eigenvalue weighted by Gasteiger charge is 2.25. The molecule has 2 heterocycles. The summed E-state index contributed by atoms with van der Waals surface area (Å²) in [6.45, 7) is 9.07. The Labute approximate surface area is 202 Å². The summed E-state index contributed by atoms with van der Waals surface area (Å²) in [7, 11) is 0. The van der Waals surface area contributed by atoms with Gasteiger partial charge in [0.25, 0.3) is 0 Å². The standard InChI is InChI=1S/C29H34N2O3/c1-22-18-25(20-23-2-6-27(7-3-23)30-10-14-33-15-11-30)29(32)26(19-22)21-24-4-8-28(9-5-24)31-12-16-34-17-13-31/h2-9,20-22H,10-19H2,1H3/b25-20-,26-21+. The molecule has 2 aromatic carbocycles. The third-order valence-corrected chi connectivity index (χ3v) is 6.94. The third-order valence-electron chi connectivity index (χ3n) is 6.94. The van der Waals surface area contributed by atoms with Gasteiger partial charge in [0, 0.05) is 48.7 Å². The van der Waals surface area contributed by atoms with Crippen molar-refractivity contribution in [3.63, 3.8) is 0 Å². The second-order valence-corrected chi connectivity index (χ2v) is 9.56. The number of hydrogen-bond acceptors (Lipinski definition) is 5. The molecule has 3 fully saturated rings. The van der Waals surface area contributed by atoms with E-state index in [0.29, 0.717) is 5.92 Å². The molecule has 2 saturated heterocycles. The monoisotopic (exact) mass is 458 g/mol.